The Morgan fingerprint density at radius 2 is 2.27 bits per heavy atom. The Bertz CT molecular complexity index is 181. The van der Waals surface area contributed by atoms with Crippen molar-refractivity contribution in [2.45, 2.75) is 24.8 Å². The average Bonchev–Trinajstić information content (AvgIpc) is 1.89. The number of nitrogens with two attached hydrogens (primary N) is 1. The van der Waals surface area contributed by atoms with Gasteiger partial charge in [0.15, 0.2) is 0 Å². The Labute approximate surface area is 77.2 Å². The number of allylic oxidation sites excluding steroid dienone is 1. The molecule has 0 amide bonds. The van der Waals surface area contributed by atoms with Crippen LogP contribution >= 0.6 is 24.0 Å². The van der Waals surface area contributed by atoms with Gasteiger partial charge in [-0.2, -0.15) is 0 Å². The van der Waals surface area contributed by atoms with Gasteiger partial charge in [-0.3, -0.25) is 4.79 Å². The molecular weight excluding hydrogens is 185 g/mol. The molecule has 0 radical (unpaired) electrons. The van der Waals surface area contributed by atoms with Crippen molar-refractivity contribution in [3.8, 4) is 0 Å². The maximum absolute atomic E-state index is 10.7. The molecule has 11 heavy (non-hydrogen) atoms. The van der Waals surface area contributed by atoms with Crippen molar-refractivity contribution in [1.29, 1.82) is 0 Å². The molecule has 2 nitrogen and oxygen atoms in total. The molecule has 0 aromatic carbocycles. The molecule has 1 aliphatic rings. The third-order valence-electron chi connectivity index (χ3n) is 1.74. The van der Waals surface area contributed by atoms with Crippen LogP contribution in [0, 0.1) is 0 Å². The van der Waals surface area contributed by atoms with Gasteiger partial charge in [0, 0.05) is 0 Å². The van der Waals surface area contributed by atoms with Crippen LogP contribution in [-0.2, 0) is 4.79 Å². The van der Waals surface area contributed by atoms with E-state index >= 15 is 0 Å². The average molecular weight is 196 g/mol. The lowest BCUT2D eigenvalue weighted by molar-refractivity contribution is -0.115. The summed E-state index contributed by atoms with van der Waals surface area (Å²) in [5.41, 5.74) is 4.76. The summed E-state index contributed by atoms with van der Waals surface area (Å²) in [4.78, 5) is 10.7. The monoisotopic (exact) mass is 195 g/mol. The normalized spacial score (nSPS) is 29.3. The number of rotatable bonds is 1. The number of carbonyl (C=O) groups is 1. The van der Waals surface area contributed by atoms with E-state index in [1.807, 2.05) is 6.08 Å². The van der Waals surface area contributed by atoms with Crippen molar-refractivity contribution in [3.05, 3.63) is 12.2 Å². The van der Waals surface area contributed by atoms with Gasteiger partial charge in [-0.15, -0.1) is 12.4 Å². The van der Waals surface area contributed by atoms with Gasteiger partial charge in [-0.25, -0.2) is 0 Å². The Hall–Kier alpha value is -0.0500. The molecule has 4 heteroatoms. The summed E-state index contributed by atoms with van der Waals surface area (Å²) in [5.74, 6) is 0. The summed E-state index contributed by atoms with van der Waals surface area (Å²) in [6, 6.07) is 0. The van der Waals surface area contributed by atoms with Crippen molar-refractivity contribution in [1.82, 2.24) is 0 Å². The van der Waals surface area contributed by atoms with Gasteiger partial charge in [-0.05, 0) is 30.9 Å². The van der Waals surface area contributed by atoms with Crippen LogP contribution in [0.1, 0.15) is 19.3 Å². The van der Waals surface area contributed by atoms with Crippen LogP contribution in [0.5, 0.6) is 0 Å². The third-order valence-corrected chi connectivity index (χ3v) is 2.09. The van der Waals surface area contributed by atoms with Crippen molar-refractivity contribution >= 4 is 29.3 Å². The summed E-state index contributed by atoms with van der Waals surface area (Å²) >= 11 is 5.28. The molecule has 0 heterocycles. The van der Waals surface area contributed by atoms with Crippen molar-refractivity contribution in [2.24, 2.45) is 5.73 Å². The molecular formula is C7H11Cl2NO. The van der Waals surface area contributed by atoms with Gasteiger partial charge in [0.25, 0.3) is 0 Å². The van der Waals surface area contributed by atoms with Gasteiger partial charge in [-0.1, -0.05) is 12.2 Å². The summed E-state index contributed by atoms with van der Waals surface area (Å²) < 4.78 is 0. The van der Waals surface area contributed by atoms with Crippen molar-refractivity contribution in [3.63, 3.8) is 0 Å². The van der Waals surface area contributed by atoms with Gasteiger partial charge >= 0.3 is 0 Å². The van der Waals surface area contributed by atoms with E-state index in [2.05, 4.69) is 0 Å². The molecule has 1 aliphatic carbocycles. The molecule has 0 bridgehead atoms. The highest BCUT2D eigenvalue weighted by molar-refractivity contribution is 6.65. The molecule has 0 aliphatic heterocycles. The van der Waals surface area contributed by atoms with Crippen LogP contribution in [0.4, 0.5) is 0 Å². The Balaban J connectivity index is 0.000001000. The molecule has 0 fully saturated rings. The second kappa shape index (κ2) is 4.10. The van der Waals surface area contributed by atoms with Gasteiger partial charge in [0.05, 0.1) is 0 Å². The first-order valence-corrected chi connectivity index (χ1v) is 3.69. The molecule has 0 aromatic rings. The first-order chi connectivity index (χ1) is 4.65. The van der Waals surface area contributed by atoms with E-state index in [4.69, 9.17) is 17.3 Å². The van der Waals surface area contributed by atoms with Crippen LogP contribution in [-0.4, -0.2) is 10.8 Å². The highest BCUT2D eigenvalue weighted by Gasteiger charge is 2.30. The first kappa shape index (κ1) is 11.0. The number of carbonyl (C=O) groups excluding carboxylic acids is 1. The van der Waals surface area contributed by atoms with E-state index in [1.165, 1.54) is 0 Å². The highest BCUT2D eigenvalue weighted by atomic mass is 35.5. The Morgan fingerprint density at radius 1 is 1.64 bits per heavy atom. The fourth-order valence-electron chi connectivity index (χ4n) is 1.05. The Kier molecular flexibility index (Phi) is 4.08. The van der Waals surface area contributed by atoms with Crippen molar-refractivity contribution in [2.75, 3.05) is 0 Å². The second-order valence-corrected chi connectivity index (χ2v) is 2.95. The van der Waals surface area contributed by atoms with Crippen LogP contribution in [0.2, 0.25) is 0 Å². The minimum atomic E-state index is -0.875. The van der Waals surface area contributed by atoms with Crippen LogP contribution < -0.4 is 5.73 Å². The smallest absolute Gasteiger partial charge is 0.245 e. The zero-order chi connectivity index (χ0) is 7.61. The molecule has 0 spiro atoms. The zero-order valence-corrected chi connectivity index (χ0v) is 7.62. The van der Waals surface area contributed by atoms with Crippen LogP contribution in [0.25, 0.3) is 0 Å². The first-order valence-electron chi connectivity index (χ1n) is 3.32. The standard InChI is InChI=1S/C7H10ClNO.ClH/c8-6(10)7(9)4-2-1-3-5-7;/h2,4H,1,3,5,9H2;1H. The quantitative estimate of drug-likeness (QED) is 0.511. The van der Waals surface area contributed by atoms with E-state index in [1.54, 1.807) is 6.08 Å². The van der Waals surface area contributed by atoms with E-state index in [-0.39, 0.29) is 12.4 Å². The third kappa shape index (κ3) is 2.47. The predicted octanol–water partition coefficient (Wildman–Crippen LogP) is 1.61. The Morgan fingerprint density at radius 3 is 2.55 bits per heavy atom. The molecule has 1 atom stereocenters. The number of halogens is 2. The van der Waals surface area contributed by atoms with E-state index in [0.29, 0.717) is 6.42 Å². The molecule has 0 saturated carbocycles. The summed E-state index contributed by atoms with van der Waals surface area (Å²) in [6.07, 6.45) is 6.23. The van der Waals surface area contributed by atoms with E-state index < -0.39 is 10.8 Å². The number of hydrogen-bond acceptors (Lipinski definition) is 2. The zero-order valence-electron chi connectivity index (χ0n) is 6.05. The summed E-state index contributed by atoms with van der Waals surface area (Å²) in [7, 11) is 0. The summed E-state index contributed by atoms with van der Waals surface area (Å²) in [5, 5.41) is -0.455. The maximum Gasteiger partial charge on any atom is 0.245 e. The molecule has 1 rings (SSSR count). The van der Waals surface area contributed by atoms with Crippen LogP contribution in [0.15, 0.2) is 12.2 Å². The molecule has 2 N–H and O–H groups in total. The number of hydrogen-bond donors (Lipinski definition) is 1. The predicted molar refractivity (Wildman–Crippen MR) is 48.0 cm³/mol. The molecule has 0 saturated heterocycles. The largest absolute Gasteiger partial charge is 0.315 e. The van der Waals surface area contributed by atoms with Gasteiger partial charge in [0.1, 0.15) is 5.54 Å². The van der Waals surface area contributed by atoms with E-state index in [0.717, 1.165) is 12.8 Å². The highest BCUT2D eigenvalue weighted by Crippen LogP contribution is 2.21. The molecule has 64 valence electrons. The SMILES string of the molecule is Cl.NC1(C(=O)Cl)C=CCCC1. The fourth-order valence-corrected chi connectivity index (χ4v) is 1.21. The van der Waals surface area contributed by atoms with Crippen molar-refractivity contribution < 1.29 is 4.79 Å². The fraction of sp³-hybridized carbons (Fsp3) is 0.571. The lowest BCUT2D eigenvalue weighted by Crippen LogP contribution is -2.44. The summed E-state index contributed by atoms with van der Waals surface area (Å²) in [6.45, 7) is 0. The van der Waals surface area contributed by atoms with Gasteiger partial charge in [0.2, 0.25) is 5.24 Å². The minimum Gasteiger partial charge on any atom is -0.315 e. The second-order valence-electron chi connectivity index (χ2n) is 2.61. The lowest BCUT2D eigenvalue weighted by Gasteiger charge is -2.23. The minimum absolute atomic E-state index is 0. The topological polar surface area (TPSA) is 43.1 Å². The maximum atomic E-state index is 10.7. The van der Waals surface area contributed by atoms with Gasteiger partial charge < -0.3 is 5.73 Å². The molecule has 1 unspecified atom stereocenters. The van der Waals surface area contributed by atoms with E-state index in [9.17, 15) is 4.79 Å². The van der Waals surface area contributed by atoms with Crippen LogP contribution in [0.3, 0.4) is 0 Å². The molecule has 0 aromatic heterocycles. The lowest BCUT2D eigenvalue weighted by atomic mass is 9.90.